The van der Waals surface area contributed by atoms with Crippen LogP contribution in [0.4, 0.5) is 0 Å². The lowest BCUT2D eigenvalue weighted by Crippen LogP contribution is -2.10. The van der Waals surface area contributed by atoms with E-state index in [9.17, 15) is 0 Å². The summed E-state index contributed by atoms with van der Waals surface area (Å²) in [6, 6.07) is 0. The summed E-state index contributed by atoms with van der Waals surface area (Å²) in [6.07, 6.45) is 8.75. The molecule has 1 N–H and O–H groups in total. The van der Waals surface area contributed by atoms with E-state index in [1.165, 1.54) is 62.2 Å². The number of H-pyrrole nitrogens is 1. The molecule has 0 amide bonds. The second-order valence-corrected chi connectivity index (χ2v) is 5.67. The van der Waals surface area contributed by atoms with E-state index in [0.717, 1.165) is 5.92 Å². The smallest absolute Gasteiger partial charge is 0.109 e. The molecule has 1 unspecified atom stereocenters. The third kappa shape index (κ3) is 2.91. The molecule has 0 spiro atoms. The molecule has 1 aliphatic rings. The van der Waals surface area contributed by atoms with Gasteiger partial charge in [-0.2, -0.15) is 0 Å². The maximum atomic E-state index is 4.87. The van der Waals surface area contributed by atoms with E-state index in [-0.39, 0.29) is 0 Å². The van der Waals surface area contributed by atoms with Crippen LogP contribution in [0.1, 0.15) is 76.0 Å². The summed E-state index contributed by atoms with van der Waals surface area (Å²) in [7, 11) is 0. The SMILES string of the molecule is CCCC(CCC)c1nc2c([nH]1)CC(C)CC2. The van der Waals surface area contributed by atoms with Gasteiger partial charge in [0.2, 0.25) is 0 Å². The third-order valence-electron chi connectivity index (χ3n) is 3.97. The summed E-state index contributed by atoms with van der Waals surface area (Å²) < 4.78 is 0. The average Bonchev–Trinajstić information content (AvgIpc) is 2.71. The van der Waals surface area contributed by atoms with Crippen molar-refractivity contribution in [2.24, 2.45) is 5.92 Å². The largest absolute Gasteiger partial charge is 0.345 e. The Kier molecular flexibility index (Phi) is 4.25. The van der Waals surface area contributed by atoms with Gasteiger partial charge < -0.3 is 4.98 Å². The first-order valence-corrected chi connectivity index (χ1v) is 7.32. The second-order valence-electron chi connectivity index (χ2n) is 5.67. The van der Waals surface area contributed by atoms with Crippen molar-refractivity contribution in [3.8, 4) is 0 Å². The zero-order valence-electron chi connectivity index (χ0n) is 11.6. The molecule has 1 aromatic heterocycles. The summed E-state index contributed by atoms with van der Waals surface area (Å²) in [5.41, 5.74) is 2.78. The van der Waals surface area contributed by atoms with Crippen LogP contribution in [0.25, 0.3) is 0 Å². The molecule has 2 nitrogen and oxygen atoms in total. The van der Waals surface area contributed by atoms with Crippen LogP contribution in [0.15, 0.2) is 0 Å². The Balaban J connectivity index is 2.14. The molecular formula is C15H26N2. The lowest BCUT2D eigenvalue weighted by Gasteiger charge is -2.16. The van der Waals surface area contributed by atoms with E-state index < -0.39 is 0 Å². The number of aryl methyl sites for hydroxylation is 1. The van der Waals surface area contributed by atoms with Gasteiger partial charge in [0, 0.05) is 11.6 Å². The Morgan fingerprint density at radius 1 is 1.29 bits per heavy atom. The Morgan fingerprint density at radius 2 is 2.00 bits per heavy atom. The van der Waals surface area contributed by atoms with Crippen molar-refractivity contribution in [2.75, 3.05) is 0 Å². The number of rotatable bonds is 5. The molecule has 17 heavy (non-hydrogen) atoms. The second kappa shape index (κ2) is 5.70. The molecule has 0 fully saturated rings. The van der Waals surface area contributed by atoms with Crippen LogP contribution >= 0.6 is 0 Å². The maximum absolute atomic E-state index is 4.87. The zero-order chi connectivity index (χ0) is 12.3. The Labute approximate surface area is 105 Å². The number of hydrogen-bond acceptors (Lipinski definition) is 1. The van der Waals surface area contributed by atoms with Crippen LogP contribution in [-0.4, -0.2) is 9.97 Å². The number of aromatic amines is 1. The molecule has 0 saturated heterocycles. The molecule has 1 aromatic rings. The highest BCUT2D eigenvalue weighted by Gasteiger charge is 2.22. The van der Waals surface area contributed by atoms with Crippen LogP contribution in [0.5, 0.6) is 0 Å². The maximum Gasteiger partial charge on any atom is 0.109 e. The fourth-order valence-corrected chi connectivity index (χ4v) is 2.98. The highest BCUT2D eigenvalue weighted by Crippen LogP contribution is 2.29. The van der Waals surface area contributed by atoms with Gasteiger partial charge in [-0.3, -0.25) is 0 Å². The van der Waals surface area contributed by atoms with Gasteiger partial charge in [0.1, 0.15) is 5.82 Å². The van der Waals surface area contributed by atoms with Gasteiger partial charge in [0.05, 0.1) is 5.69 Å². The van der Waals surface area contributed by atoms with Crippen LogP contribution in [0.3, 0.4) is 0 Å². The molecule has 1 aliphatic carbocycles. The van der Waals surface area contributed by atoms with E-state index >= 15 is 0 Å². The topological polar surface area (TPSA) is 28.7 Å². The number of fused-ring (bicyclic) bond motifs is 1. The number of nitrogens with one attached hydrogen (secondary N) is 1. The van der Waals surface area contributed by atoms with Crippen LogP contribution in [0.2, 0.25) is 0 Å². The standard InChI is InChI=1S/C15H26N2/c1-4-6-12(7-5-2)15-16-13-9-8-11(3)10-14(13)17-15/h11-12H,4-10H2,1-3H3,(H,16,17). The molecule has 1 heterocycles. The number of aromatic nitrogens is 2. The van der Waals surface area contributed by atoms with Gasteiger partial charge in [-0.05, 0) is 38.0 Å². The number of hydrogen-bond donors (Lipinski definition) is 1. The fourth-order valence-electron chi connectivity index (χ4n) is 2.98. The van der Waals surface area contributed by atoms with Gasteiger partial charge in [0.25, 0.3) is 0 Å². The molecule has 2 heteroatoms. The highest BCUT2D eigenvalue weighted by atomic mass is 14.9. The van der Waals surface area contributed by atoms with Crippen molar-refractivity contribution >= 4 is 0 Å². The number of imidazole rings is 1. The van der Waals surface area contributed by atoms with E-state index in [1.54, 1.807) is 0 Å². The quantitative estimate of drug-likeness (QED) is 0.812. The van der Waals surface area contributed by atoms with Crippen LogP contribution in [0, 0.1) is 5.92 Å². The molecular weight excluding hydrogens is 208 g/mol. The van der Waals surface area contributed by atoms with Crippen molar-refractivity contribution in [1.29, 1.82) is 0 Å². The summed E-state index contributed by atoms with van der Waals surface area (Å²) >= 11 is 0. The van der Waals surface area contributed by atoms with Crippen molar-refractivity contribution < 1.29 is 0 Å². The molecule has 0 aliphatic heterocycles. The summed E-state index contributed by atoms with van der Waals surface area (Å²) in [4.78, 5) is 8.49. The number of nitrogens with zero attached hydrogens (tertiary/aromatic N) is 1. The Hall–Kier alpha value is -0.790. The van der Waals surface area contributed by atoms with Gasteiger partial charge in [-0.25, -0.2) is 4.98 Å². The Morgan fingerprint density at radius 3 is 2.65 bits per heavy atom. The van der Waals surface area contributed by atoms with Crippen molar-refractivity contribution in [3.63, 3.8) is 0 Å². The minimum atomic E-state index is 0.658. The molecule has 96 valence electrons. The first kappa shape index (κ1) is 12.7. The van der Waals surface area contributed by atoms with Crippen LogP contribution in [-0.2, 0) is 12.8 Å². The van der Waals surface area contributed by atoms with Gasteiger partial charge in [0.15, 0.2) is 0 Å². The first-order valence-electron chi connectivity index (χ1n) is 7.32. The zero-order valence-corrected chi connectivity index (χ0v) is 11.6. The Bertz CT molecular complexity index is 348. The van der Waals surface area contributed by atoms with Gasteiger partial charge in [-0.15, -0.1) is 0 Å². The predicted octanol–water partition coefficient (Wildman–Crippen LogP) is 4.22. The first-order chi connectivity index (χ1) is 8.24. The van der Waals surface area contributed by atoms with E-state index in [1.807, 2.05) is 0 Å². The summed E-state index contributed by atoms with van der Waals surface area (Å²) in [5, 5.41) is 0. The molecule has 1 atom stereocenters. The lowest BCUT2D eigenvalue weighted by atomic mass is 9.92. The lowest BCUT2D eigenvalue weighted by molar-refractivity contribution is 0.491. The van der Waals surface area contributed by atoms with E-state index in [0.29, 0.717) is 5.92 Å². The van der Waals surface area contributed by atoms with Gasteiger partial charge in [-0.1, -0.05) is 33.6 Å². The normalized spacial score (nSPS) is 19.6. The van der Waals surface area contributed by atoms with Crippen molar-refractivity contribution in [1.82, 2.24) is 9.97 Å². The van der Waals surface area contributed by atoms with Gasteiger partial charge >= 0.3 is 0 Å². The van der Waals surface area contributed by atoms with Crippen LogP contribution < -0.4 is 0 Å². The molecule has 0 aromatic carbocycles. The highest BCUT2D eigenvalue weighted by molar-refractivity contribution is 5.20. The molecule has 2 rings (SSSR count). The average molecular weight is 234 g/mol. The molecule has 0 radical (unpaired) electrons. The summed E-state index contributed by atoms with van der Waals surface area (Å²) in [5.74, 6) is 2.75. The minimum Gasteiger partial charge on any atom is -0.345 e. The molecule has 0 saturated carbocycles. The van der Waals surface area contributed by atoms with E-state index in [2.05, 4.69) is 25.8 Å². The third-order valence-corrected chi connectivity index (χ3v) is 3.97. The van der Waals surface area contributed by atoms with Crippen molar-refractivity contribution in [2.45, 2.75) is 71.6 Å². The molecule has 0 bridgehead atoms. The summed E-state index contributed by atoms with van der Waals surface area (Å²) in [6.45, 7) is 6.89. The predicted molar refractivity (Wildman–Crippen MR) is 72.3 cm³/mol. The van der Waals surface area contributed by atoms with E-state index in [4.69, 9.17) is 4.98 Å². The monoisotopic (exact) mass is 234 g/mol. The van der Waals surface area contributed by atoms with Crippen molar-refractivity contribution in [3.05, 3.63) is 17.2 Å². The minimum absolute atomic E-state index is 0.658. The fraction of sp³-hybridized carbons (Fsp3) is 0.800.